The molecular formula is C15H17N3O3. The van der Waals surface area contributed by atoms with Crippen LogP contribution in [0.5, 0.6) is 5.75 Å². The molecule has 0 saturated carbocycles. The van der Waals surface area contributed by atoms with Gasteiger partial charge in [-0.2, -0.15) is 0 Å². The molecule has 0 aliphatic heterocycles. The van der Waals surface area contributed by atoms with E-state index in [2.05, 4.69) is 10.3 Å². The van der Waals surface area contributed by atoms with E-state index in [1.54, 1.807) is 26.2 Å². The molecule has 110 valence electrons. The summed E-state index contributed by atoms with van der Waals surface area (Å²) in [5.74, 6) is 1.00. The van der Waals surface area contributed by atoms with Gasteiger partial charge in [0.05, 0.1) is 4.92 Å². The summed E-state index contributed by atoms with van der Waals surface area (Å²) < 4.78 is 5.69. The van der Waals surface area contributed by atoms with Crippen molar-refractivity contribution in [1.82, 2.24) is 4.98 Å². The molecule has 1 aromatic heterocycles. The predicted octanol–water partition coefficient (Wildman–Crippen LogP) is 3.23. The first kappa shape index (κ1) is 14.8. The van der Waals surface area contributed by atoms with Gasteiger partial charge in [-0.3, -0.25) is 10.1 Å². The molecule has 0 aliphatic rings. The minimum Gasteiger partial charge on any atom is -0.482 e. The molecule has 1 N–H and O–H groups in total. The zero-order valence-electron chi connectivity index (χ0n) is 12.2. The molecule has 2 aromatic rings. The van der Waals surface area contributed by atoms with Gasteiger partial charge >= 0.3 is 5.69 Å². The third-order valence-corrected chi connectivity index (χ3v) is 3.10. The maximum Gasteiger partial charge on any atom is 0.311 e. The molecular weight excluding hydrogens is 270 g/mol. The Morgan fingerprint density at radius 2 is 2.14 bits per heavy atom. The van der Waals surface area contributed by atoms with Gasteiger partial charge in [-0.25, -0.2) is 4.98 Å². The zero-order valence-corrected chi connectivity index (χ0v) is 12.2. The number of nitrogens with one attached hydrogen (secondary N) is 1. The quantitative estimate of drug-likeness (QED) is 0.674. The van der Waals surface area contributed by atoms with Gasteiger partial charge in [-0.15, -0.1) is 0 Å². The van der Waals surface area contributed by atoms with Crippen LogP contribution in [0.15, 0.2) is 30.5 Å². The van der Waals surface area contributed by atoms with E-state index in [0.29, 0.717) is 11.6 Å². The lowest BCUT2D eigenvalue weighted by molar-refractivity contribution is -0.386. The number of hydrogen-bond donors (Lipinski definition) is 1. The highest BCUT2D eigenvalue weighted by Crippen LogP contribution is 2.33. The Kier molecular flexibility index (Phi) is 4.37. The summed E-state index contributed by atoms with van der Waals surface area (Å²) in [4.78, 5) is 14.9. The van der Waals surface area contributed by atoms with E-state index in [0.717, 1.165) is 16.7 Å². The molecule has 0 saturated heterocycles. The van der Waals surface area contributed by atoms with Crippen molar-refractivity contribution in [3.05, 3.63) is 57.3 Å². The molecule has 0 spiro atoms. The van der Waals surface area contributed by atoms with Crippen molar-refractivity contribution in [2.24, 2.45) is 0 Å². The fourth-order valence-corrected chi connectivity index (χ4v) is 2.19. The van der Waals surface area contributed by atoms with E-state index in [-0.39, 0.29) is 12.3 Å². The largest absolute Gasteiger partial charge is 0.482 e. The first-order valence-corrected chi connectivity index (χ1v) is 6.53. The average molecular weight is 287 g/mol. The van der Waals surface area contributed by atoms with E-state index in [4.69, 9.17) is 4.74 Å². The minimum atomic E-state index is -0.419. The van der Waals surface area contributed by atoms with Crippen LogP contribution in [-0.4, -0.2) is 17.0 Å². The van der Waals surface area contributed by atoms with E-state index < -0.39 is 4.92 Å². The summed E-state index contributed by atoms with van der Waals surface area (Å²) in [7, 11) is 1.77. The Balaban J connectivity index is 2.30. The van der Waals surface area contributed by atoms with E-state index >= 15 is 0 Å². The Labute approximate surface area is 122 Å². The first-order chi connectivity index (χ1) is 10.0. The number of anilines is 1. The molecule has 0 fully saturated rings. The maximum atomic E-state index is 11.2. The number of nitro benzene ring substituents is 1. The summed E-state index contributed by atoms with van der Waals surface area (Å²) in [6.07, 6.45) is 1.68. The zero-order chi connectivity index (χ0) is 15.4. The Hall–Kier alpha value is -2.63. The number of nitro groups is 1. The highest BCUT2D eigenvalue weighted by atomic mass is 16.6. The fraction of sp³-hybridized carbons (Fsp3) is 0.267. The van der Waals surface area contributed by atoms with Crippen molar-refractivity contribution in [3.8, 4) is 5.75 Å². The standard InChI is InChI=1S/C15H17N3O3/c1-10-7-11(2)14(13(8-10)18(19)20)21-9-12-5-4-6-17-15(12)16-3/h4-8H,9H2,1-3H3,(H,16,17). The highest BCUT2D eigenvalue weighted by Gasteiger charge is 2.19. The van der Waals surface area contributed by atoms with Crippen molar-refractivity contribution in [1.29, 1.82) is 0 Å². The number of rotatable bonds is 5. The summed E-state index contributed by atoms with van der Waals surface area (Å²) >= 11 is 0. The third kappa shape index (κ3) is 3.28. The van der Waals surface area contributed by atoms with Gasteiger partial charge in [-0.05, 0) is 31.0 Å². The molecule has 0 amide bonds. The van der Waals surface area contributed by atoms with Crippen LogP contribution in [0.1, 0.15) is 16.7 Å². The van der Waals surface area contributed by atoms with Gasteiger partial charge in [0.25, 0.3) is 0 Å². The molecule has 0 aliphatic carbocycles. The normalized spacial score (nSPS) is 10.2. The number of nitrogens with zero attached hydrogens (tertiary/aromatic N) is 2. The smallest absolute Gasteiger partial charge is 0.311 e. The second-order valence-electron chi connectivity index (χ2n) is 4.74. The van der Waals surface area contributed by atoms with Gasteiger partial charge in [0, 0.05) is 24.9 Å². The Morgan fingerprint density at radius 1 is 1.38 bits per heavy atom. The summed E-state index contributed by atoms with van der Waals surface area (Å²) in [6.45, 7) is 3.84. The van der Waals surface area contributed by atoms with Gasteiger partial charge in [0.1, 0.15) is 12.4 Å². The van der Waals surface area contributed by atoms with Crippen molar-refractivity contribution in [2.75, 3.05) is 12.4 Å². The summed E-state index contributed by atoms with van der Waals surface area (Å²) in [6, 6.07) is 7.05. The van der Waals surface area contributed by atoms with Gasteiger partial charge in [0.15, 0.2) is 5.75 Å². The number of benzene rings is 1. The number of hydrogen-bond acceptors (Lipinski definition) is 5. The maximum absolute atomic E-state index is 11.2. The lowest BCUT2D eigenvalue weighted by atomic mass is 10.1. The van der Waals surface area contributed by atoms with Gasteiger partial charge < -0.3 is 10.1 Å². The molecule has 21 heavy (non-hydrogen) atoms. The van der Waals surface area contributed by atoms with E-state index in [1.807, 2.05) is 19.1 Å². The highest BCUT2D eigenvalue weighted by molar-refractivity contribution is 5.54. The van der Waals surface area contributed by atoms with Crippen molar-refractivity contribution in [3.63, 3.8) is 0 Å². The molecule has 1 heterocycles. The molecule has 0 unspecified atom stereocenters. The summed E-state index contributed by atoms with van der Waals surface area (Å²) in [5, 5.41) is 14.1. The first-order valence-electron chi connectivity index (χ1n) is 6.53. The topological polar surface area (TPSA) is 77.3 Å². The van der Waals surface area contributed by atoms with Crippen LogP contribution in [0.25, 0.3) is 0 Å². The van der Waals surface area contributed by atoms with Crippen LogP contribution in [0.3, 0.4) is 0 Å². The van der Waals surface area contributed by atoms with E-state index in [1.165, 1.54) is 6.07 Å². The van der Waals surface area contributed by atoms with Gasteiger partial charge in [0.2, 0.25) is 0 Å². The lowest BCUT2D eigenvalue weighted by Crippen LogP contribution is -2.05. The molecule has 0 radical (unpaired) electrons. The molecule has 6 heteroatoms. The monoisotopic (exact) mass is 287 g/mol. The summed E-state index contributed by atoms with van der Waals surface area (Å²) in [5.41, 5.74) is 2.41. The average Bonchev–Trinajstić information content (AvgIpc) is 2.45. The van der Waals surface area contributed by atoms with E-state index in [9.17, 15) is 10.1 Å². The lowest BCUT2D eigenvalue weighted by Gasteiger charge is -2.12. The predicted molar refractivity (Wildman–Crippen MR) is 80.7 cm³/mol. The number of aromatic nitrogens is 1. The third-order valence-electron chi connectivity index (χ3n) is 3.10. The van der Waals surface area contributed by atoms with Crippen LogP contribution < -0.4 is 10.1 Å². The molecule has 0 atom stereocenters. The Morgan fingerprint density at radius 3 is 2.81 bits per heavy atom. The van der Waals surface area contributed by atoms with Crippen LogP contribution >= 0.6 is 0 Å². The molecule has 0 bridgehead atoms. The SMILES string of the molecule is CNc1ncccc1COc1c(C)cc(C)cc1[N+](=O)[O-]. The van der Waals surface area contributed by atoms with Crippen LogP contribution in [0, 0.1) is 24.0 Å². The number of pyridine rings is 1. The van der Waals surface area contributed by atoms with Crippen LogP contribution in [0.4, 0.5) is 11.5 Å². The van der Waals surface area contributed by atoms with Crippen molar-refractivity contribution >= 4 is 11.5 Å². The Bertz CT molecular complexity index is 671. The van der Waals surface area contributed by atoms with Crippen molar-refractivity contribution in [2.45, 2.75) is 20.5 Å². The molecule has 2 rings (SSSR count). The van der Waals surface area contributed by atoms with Gasteiger partial charge in [-0.1, -0.05) is 12.1 Å². The number of ether oxygens (including phenoxy) is 1. The van der Waals surface area contributed by atoms with Crippen molar-refractivity contribution < 1.29 is 9.66 Å². The van der Waals surface area contributed by atoms with Crippen LogP contribution in [0.2, 0.25) is 0 Å². The minimum absolute atomic E-state index is 0.0117. The molecule has 6 nitrogen and oxygen atoms in total. The number of aryl methyl sites for hydroxylation is 2. The second-order valence-corrected chi connectivity index (χ2v) is 4.74. The molecule has 1 aromatic carbocycles. The fourth-order valence-electron chi connectivity index (χ4n) is 2.19. The second kappa shape index (κ2) is 6.21. The van der Waals surface area contributed by atoms with Crippen LogP contribution in [-0.2, 0) is 6.61 Å².